The molecule has 0 saturated carbocycles. The van der Waals surface area contributed by atoms with E-state index in [4.69, 9.17) is 0 Å². The first kappa shape index (κ1) is 13.7. The summed E-state index contributed by atoms with van der Waals surface area (Å²) in [5.41, 5.74) is 3.02. The smallest absolute Gasteiger partial charge is 0.115 e. The van der Waals surface area contributed by atoms with Gasteiger partial charge in [0.15, 0.2) is 0 Å². The highest BCUT2D eigenvalue weighted by Gasteiger charge is 2.55. The van der Waals surface area contributed by atoms with Crippen LogP contribution in [0.25, 0.3) is 0 Å². The molecule has 0 aromatic heterocycles. The van der Waals surface area contributed by atoms with E-state index in [0.717, 1.165) is 19.4 Å². The van der Waals surface area contributed by atoms with Gasteiger partial charge in [0.05, 0.1) is 0 Å². The largest absolute Gasteiger partial charge is 0.508 e. The van der Waals surface area contributed by atoms with E-state index in [2.05, 4.69) is 50.9 Å². The standard InChI is InChI=1S/C18H25NO/c1-5-8-18-12-14-6-7-15(20)11-16(14)17(3,13(18)2)9-10-19(18)4/h5-8,11,13,20H,9-10,12H2,1-4H3/b8-5+/t13-,17-,18+/m1/s1. The van der Waals surface area contributed by atoms with Gasteiger partial charge in [0.1, 0.15) is 5.75 Å². The third-order valence-electron chi connectivity index (χ3n) is 6.02. The number of nitrogens with zero attached hydrogens (tertiary/aromatic N) is 1. The number of hydrogen-bond donors (Lipinski definition) is 1. The number of fused-ring (bicyclic) bond motifs is 4. The van der Waals surface area contributed by atoms with Crippen LogP contribution in [-0.2, 0) is 11.8 Å². The van der Waals surface area contributed by atoms with Crippen LogP contribution in [0.1, 0.15) is 38.3 Å². The van der Waals surface area contributed by atoms with Crippen molar-refractivity contribution in [3.63, 3.8) is 0 Å². The molecule has 0 radical (unpaired) electrons. The molecule has 1 fully saturated rings. The minimum Gasteiger partial charge on any atom is -0.508 e. The number of likely N-dealkylation sites (tertiary alicyclic amines) is 1. The number of hydrogen-bond acceptors (Lipinski definition) is 2. The summed E-state index contributed by atoms with van der Waals surface area (Å²) in [6.07, 6.45) is 6.79. The van der Waals surface area contributed by atoms with E-state index in [-0.39, 0.29) is 11.0 Å². The van der Waals surface area contributed by atoms with Crippen molar-refractivity contribution in [1.82, 2.24) is 4.90 Å². The summed E-state index contributed by atoms with van der Waals surface area (Å²) in [6.45, 7) is 7.98. The summed E-state index contributed by atoms with van der Waals surface area (Å²) >= 11 is 0. The monoisotopic (exact) mass is 271 g/mol. The van der Waals surface area contributed by atoms with Crippen molar-refractivity contribution >= 4 is 0 Å². The quantitative estimate of drug-likeness (QED) is 0.790. The first-order valence-electron chi connectivity index (χ1n) is 7.61. The normalized spacial score (nSPS) is 37.1. The summed E-state index contributed by atoms with van der Waals surface area (Å²) in [5.74, 6) is 0.939. The summed E-state index contributed by atoms with van der Waals surface area (Å²) < 4.78 is 0. The molecule has 1 aromatic carbocycles. The first-order valence-corrected chi connectivity index (χ1v) is 7.61. The number of likely N-dealkylation sites (N-methyl/N-ethyl adjacent to an activating group) is 1. The zero-order valence-electron chi connectivity index (χ0n) is 13.0. The first-order chi connectivity index (χ1) is 9.44. The number of rotatable bonds is 1. The van der Waals surface area contributed by atoms with Crippen LogP contribution < -0.4 is 0 Å². The number of phenols is 1. The maximum atomic E-state index is 9.88. The van der Waals surface area contributed by atoms with E-state index < -0.39 is 0 Å². The van der Waals surface area contributed by atoms with Gasteiger partial charge in [0, 0.05) is 5.54 Å². The molecule has 1 aromatic rings. The second-order valence-electron chi connectivity index (χ2n) is 6.82. The van der Waals surface area contributed by atoms with Crippen molar-refractivity contribution in [1.29, 1.82) is 0 Å². The van der Waals surface area contributed by atoms with Gasteiger partial charge in [-0.1, -0.05) is 32.1 Å². The Morgan fingerprint density at radius 1 is 1.40 bits per heavy atom. The third kappa shape index (κ3) is 1.61. The number of benzene rings is 1. The molecule has 3 rings (SSSR count). The Balaban J connectivity index is 2.23. The van der Waals surface area contributed by atoms with Gasteiger partial charge in [-0.15, -0.1) is 0 Å². The molecular formula is C18H25NO. The lowest BCUT2D eigenvalue weighted by Gasteiger charge is -2.60. The van der Waals surface area contributed by atoms with E-state index >= 15 is 0 Å². The summed E-state index contributed by atoms with van der Waals surface area (Å²) in [5, 5.41) is 9.88. The minimum absolute atomic E-state index is 0.117. The number of aromatic hydroxyl groups is 1. The van der Waals surface area contributed by atoms with E-state index in [1.54, 1.807) is 0 Å². The molecule has 108 valence electrons. The van der Waals surface area contributed by atoms with Crippen LogP contribution in [0.4, 0.5) is 0 Å². The van der Waals surface area contributed by atoms with Gasteiger partial charge >= 0.3 is 0 Å². The van der Waals surface area contributed by atoms with Crippen LogP contribution in [0.15, 0.2) is 30.4 Å². The molecule has 3 atom stereocenters. The molecule has 1 saturated heterocycles. The molecule has 1 aliphatic carbocycles. The highest BCUT2D eigenvalue weighted by Crippen LogP contribution is 2.54. The molecule has 1 aliphatic heterocycles. The lowest BCUT2D eigenvalue weighted by atomic mass is 9.53. The molecule has 1 N–H and O–H groups in total. The molecule has 2 nitrogen and oxygen atoms in total. The second-order valence-corrected chi connectivity index (χ2v) is 6.82. The molecule has 2 aliphatic rings. The Bertz CT molecular complexity index is 565. The molecule has 0 amide bonds. The average molecular weight is 271 g/mol. The third-order valence-corrected chi connectivity index (χ3v) is 6.02. The highest BCUT2D eigenvalue weighted by molar-refractivity contribution is 5.47. The molecule has 2 heteroatoms. The van der Waals surface area contributed by atoms with Gasteiger partial charge in [0.2, 0.25) is 0 Å². The van der Waals surface area contributed by atoms with Crippen LogP contribution in [0.3, 0.4) is 0 Å². The van der Waals surface area contributed by atoms with Crippen molar-refractivity contribution in [2.45, 2.75) is 44.6 Å². The zero-order chi connectivity index (χ0) is 14.5. The number of allylic oxidation sites excluding steroid dienone is 1. The average Bonchev–Trinajstić information content (AvgIpc) is 2.42. The zero-order valence-corrected chi connectivity index (χ0v) is 13.0. The minimum atomic E-state index is 0.117. The maximum Gasteiger partial charge on any atom is 0.115 e. The lowest BCUT2D eigenvalue weighted by molar-refractivity contribution is -0.00344. The van der Waals surface area contributed by atoms with Crippen LogP contribution in [0.2, 0.25) is 0 Å². The van der Waals surface area contributed by atoms with Gasteiger partial charge in [-0.25, -0.2) is 0 Å². The Labute approximate surface area is 122 Å². The summed E-state index contributed by atoms with van der Waals surface area (Å²) in [7, 11) is 2.25. The van der Waals surface area contributed by atoms with E-state index in [1.165, 1.54) is 11.1 Å². The Morgan fingerprint density at radius 2 is 2.15 bits per heavy atom. The number of phenolic OH excluding ortho intramolecular Hbond substituents is 1. The van der Waals surface area contributed by atoms with E-state index in [0.29, 0.717) is 11.7 Å². The second kappa shape index (κ2) is 4.36. The van der Waals surface area contributed by atoms with E-state index in [1.807, 2.05) is 12.1 Å². The van der Waals surface area contributed by atoms with Crippen LogP contribution in [0, 0.1) is 5.92 Å². The van der Waals surface area contributed by atoms with Crippen molar-refractivity contribution in [3.05, 3.63) is 41.5 Å². The van der Waals surface area contributed by atoms with Crippen LogP contribution in [0.5, 0.6) is 5.75 Å². The fraction of sp³-hybridized carbons (Fsp3) is 0.556. The van der Waals surface area contributed by atoms with Gasteiger partial charge in [-0.05, 0) is 68.0 Å². The van der Waals surface area contributed by atoms with Crippen LogP contribution >= 0.6 is 0 Å². The maximum absolute atomic E-state index is 9.88. The van der Waals surface area contributed by atoms with Crippen molar-refractivity contribution in [2.75, 3.05) is 13.6 Å². The van der Waals surface area contributed by atoms with Gasteiger partial charge in [-0.2, -0.15) is 0 Å². The van der Waals surface area contributed by atoms with Gasteiger partial charge in [-0.3, -0.25) is 4.90 Å². The topological polar surface area (TPSA) is 23.5 Å². The lowest BCUT2D eigenvalue weighted by Crippen LogP contribution is -2.64. The Morgan fingerprint density at radius 3 is 2.85 bits per heavy atom. The fourth-order valence-corrected chi connectivity index (χ4v) is 4.54. The molecule has 0 unspecified atom stereocenters. The molecular weight excluding hydrogens is 246 g/mol. The SMILES string of the molecule is C/C=C/[C@@]12Cc3ccc(O)cc3[C@](C)(CCN1C)[C@H]2C. The Kier molecular flexibility index (Phi) is 2.98. The summed E-state index contributed by atoms with van der Waals surface area (Å²) in [6, 6.07) is 5.94. The molecule has 0 spiro atoms. The summed E-state index contributed by atoms with van der Waals surface area (Å²) in [4.78, 5) is 2.52. The predicted molar refractivity (Wildman–Crippen MR) is 83.1 cm³/mol. The molecule has 2 bridgehead atoms. The van der Waals surface area contributed by atoms with Crippen molar-refractivity contribution in [2.24, 2.45) is 5.92 Å². The Hall–Kier alpha value is -1.28. The van der Waals surface area contributed by atoms with Crippen LogP contribution in [-0.4, -0.2) is 29.1 Å². The van der Waals surface area contributed by atoms with Crippen molar-refractivity contribution in [3.8, 4) is 5.75 Å². The molecule has 20 heavy (non-hydrogen) atoms. The molecule has 1 heterocycles. The fourth-order valence-electron chi connectivity index (χ4n) is 4.54. The number of piperidine rings is 1. The van der Waals surface area contributed by atoms with Gasteiger partial charge in [0.25, 0.3) is 0 Å². The van der Waals surface area contributed by atoms with Gasteiger partial charge < -0.3 is 5.11 Å². The van der Waals surface area contributed by atoms with E-state index in [9.17, 15) is 5.11 Å². The predicted octanol–water partition coefficient (Wildman–Crippen LogP) is 3.49. The van der Waals surface area contributed by atoms with Crippen molar-refractivity contribution < 1.29 is 5.11 Å². The highest BCUT2D eigenvalue weighted by atomic mass is 16.3.